The van der Waals surface area contributed by atoms with Gasteiger partial charge in [0.15, 0.2) is 0 Å². The van der Waals surface area contributed by atoms with Gasteiger partial charge in [0, 0.05) is 25.0 Å². The first-order valence-electron chi connectivity index (χ1n) is 7.36. The lowest BCUT2D eigenvalue weighted by atomic mass is 9.92. The van der Waals surface area contributed by atoms with Crippen LogP contribution in [0, 0.1) is 5.92 Å². The number of carboxylic acids is 1. The summed E-state index contributed by atoms with van der Waals surface area (Å²) in [6.07, 6.45) is 0.0721. The fraction of sp³-hybridized carbons (Fsp3) is 0.438. The van der Waals surface area contributed by atoms with Gasteiger partial charge in [-0.05, 0) is 24.6 Å². The highest BCUT2D eigenvalue weighted by Crippen LogP contribution is 2.38. The molecule has 0 aliphatic carbocycles. The minimum absolute atomic E-state index is 0.0721. The van der Waals surface area contributed by atoms with Crippen molar-refractivity contribution in [2.24, 2.45) is 5.92 Å². The second kappa shape index (κ2) is 7.00. The van der Waals surface area contributed by atoms with E-state index < -0.39 is 17.9 Å². The van der Waals surface area contributed by atoms with Gasteiger partial charge in [0.25, 0.3) is 0 Å². The number of rotatable bonds is 5. The summed E-state index contributed by atoms with van der Waals surface area (Å²) >= 11 is 6.02. The Bertz CT molecular complexity index is 634. The highest BCUT2D eigenvalue weighted by Gasteiger charge is 2.44. The standard InChI is InChI=1S/C16H19ClN2O4/c1-3-19(9-14(21)22)16(23)12-8-13(20)18(2)15(12)10-5-4-6-11(17)7-10/h4-7,12,15H,3,8-9H2,1-2H3,(H,21,22). The first kappa shape index (κ1) is 17.3. The summed E-state index contributed by atoms with van der Waals surface area (Å²) in [5.74, 6) is -2.14. The van der Waals surface area contributed by atoms with Crippen LogP contribution in [0.1, 0.15) is 24.9 Å². The number of benzene rings is 1. The number of carbonyl (C=O) groups is 3. The average Bonchev–Trinajstić information content (AvgIpc) is 2.79. The first-order valence-corrected chi connectivity index (χ1v) is 7.74. The molecule has 1 aromatic carbocycles. The fourth-order valence-corrected chi connectivity index (χ4v) is 3.18. The van der Waals surface area contributed by atoms with Gasteiger partial charge in [-0.1, -0.05) is 23.7 Å². The van der Waals surface area contributed by atoms with Gasteiger partial charge >= 0.3 is 5.97 Å². The molecule has 2 unspecified atom stereocenters. The third kappa shape index (κ3) is 3.64. The van der Waals surface area contributed by atoms with Crippen LogP contribution < -0.4 is 0 Å². The Morgan fingerprint density at radius 3 is 2.70 bits per heavy atom. The molecule has 0 radical (unpaired) electrons. The Balaban J connectivity index is 2.33. The van der Waals surface area contributed by atoms with Gasteiger partial charge in [-0.15, -0.1) is 0 Å². The Labute approximate surface area is 139 Å². The molecule has 0 spiro atoms. The molecule has 2 atom stereocenters. The van der Waals surface area contributed by atoms with E-state index in [9.17, 15) is 14.4 Å². The highest BCUT2D eigenvalue weighted by molar-refractivity contribution is 6.30. The quantitative estimate of drug-likeness (QED) is 0.888. The molecule has 1 fully saturated rings. The number of aliphatic carboxylic acids is 1. The zero-order chi connectivity index (χ0) is 17.1. The second-order valence-electron chi connectivity index (χ2n) is 5.56. The molecule has 1 aliphatic rings. The number of amides is 2. The smallest absolute Gasteiger partial charge is 0.323 e. The van der Waals surface area contributed by atoms with Crippen molar-refractivity contribution in [2.75, 3.05) is 20.1 Å². The molecule has 1 N–H and O–H groups in total. The van der Waals surface area contributed by atoms with Gasteiger partial charge in [0.2, 0.25) is 11.8 Å². The Morgan fingerprint density at radius 2 is 2.13 bits per heavy atom. The summed E-state index contributed by atoms with van der Waals surface area (Å²) < 4.78 is 0. The van der Waals surface area contributed by atoms with Crippen LogP contribution in [0.4, 0.5) is 0 Å². The van der Waals surface area contributed by atoms with Crippen LogP contribution in [0.25, 0.3) is 0 Å². The zero-order valence-electron chi connectivity index (χ0n) is 13.0. The number of carbonyl (C=O) groups excluding carboxylic acids is 2. The van der Waals surface area contributed by atoms with Crippen molar-refractivity contribution >= 4 is 29.4 Å². The van der Waals surface area contributed by atoms with Crippen LogP contribution in [-0.4, -0.2) is 52.8 Å². The van der Waals surface area contributed by atoms with Crippen LogP contribution in [0.15, 0.2) is 24.3 Å². The molecule has 2 amide bonds. The van der Waals surface area contributed by atoms with E-state index in [4.69, 9.17) is 16.7 Å². The molecule has 1 saturated heterocycles. The van der Waals surface area contributed by atoms with Crippen molar-refractivity contribution < 1.29 is 19.5 Å². The number of hydrogen-bond acceptors (Lipinski definition) is 3. The van der Waals surface area contributed by atoms with E-state index in [2.05, 4.69) is 0 Å². The van der Waals surface area contributed by atoms with Crippen molar-refractivity contribution in [1.29, 1.82) is 0 Å². The van der Waals surface area contributed by atoms with E-state index in [1.807, 2.05) is 6.07 Å². The summed E-state index contributed by atoms with van der Waals surface area (Å²) in [5, 5.41) is 9.47. The van der Waals surface area contributed by atoms with Gasteiger partial charge < -0.3 is 14.9 Å². The number of carboxylic acid groups (broad SMARTS) is 1. The molecule has 6 nitrogen and oxygen atoms in total. The monoisotopic (exact) mass is 338 g/mol. The number of likely N-dealkylation sites (tertiary alicyclic amines) is 1. The van der Waals surface area contributed by atoms with Crippen LogP contribution in [-0.2, 0) is 14.4 Å². The van der Waals surface area contributed by atoms with Crippen molar-refractivity contribution in [1.82, 2.24) is 9.80 Å². The molecule has 1 aliphatic heterocycles. The fourth-order valence-electron chi connectivity index (χ4n) is 2.98. The largest absolute Gasteiger partial charge is 0.480 e. The van der Waals surface area contributed by atoms with E-state index in [0.29, 0.717) is 5.02 Å². The van der Waals surface area contributed by atoms with Gasteiger partial charge in [0.1, 0.15) is 6.54 Å². The molecule has 124 valence electrons. The van der Waals surface area contributed by atoms with Crippen molar-refractivity contribution in [3.8, 4) is 0 Å². The van der Waals surface area contributed by atoms with Crippen molar-refractivity contribution in [2.45, 2.75) is 19.4 Å². The lowest BCUT2D eigenvalue weighted by molar-refractivity contribution is -0.146. The number of hydrogen-bond donors (Lipinski definition) is 1. The van der Waals surface area contributed by atoms with Crippen LogP contribution in [0.2, 0.25) is 5.02 Å². The predicted molar refractivity (Wildman–Crippen MR) is 85.0 cm³/mol. The highest BCUT2D eigenvalue weighted by atomic mass is 35.5. The third-order valence-corrected chi connectivity index (χ3v) is 4.35. The van der Waals surface area contributed by atoms with Crippen molar-refractivity contribution in [3.05, 3.63) is 34.9 Å². The van der Waals surface area contributed by atoms with Gasteiger partial charge in [-0.2, -0.15) is 0 Å². The van der Waals surface area contributed by atoms with Gasteiger partial charge in [0.05, 0.1) is 12.0 Å². The van der Waals surface area contributed by atoms with E-state index in [1.165, 1.54) is 9.80 Å². The minimum Gasteiger partial charge on any atom is -0.480 e. The number of likely N-dealkylation sites (N-methyl/N-ethyl adjacent to an activating group) is 1. The SMILES string of the molecule is CCN(CC(=O)O)C(=O)C1CC(=O)N(C)C1c1cccc(Cl)c1. The van der Waals surface area contributed by atoms with E-state index in [0.717, 1.165) is 5.56 Å². The Kier molecular flexibility index (Phi) is 5.26. The lowest BCUT2D eigenvalue weighted by Crippen LogP contribution is -2.41. The normalized spacial score (nSPS) is 20.7. The summed E-state index contributed by atoms with van der Waals surface area (Å²) in [6.45, 7) is 1.63. The van der Waals surface area contributed by atoms with E-state index in [1.54, 1.807) is 32.2 Å². The minimum atomic E-state index is -1.07. The molecule has 1 heterocycles. The molecule has 0 saturated carbocycles. The Hall–Kier alpha value is -2.08. The molecular weight excluding hydrogens is 320 g/mol. The molecule has 2 rings (SSSR count). The van der Waals surface area contributed by atoms with Gasteiger partial charge in [-0.3, -0.25) is 14.4 Å². The van der Waals surface area contributed by atoms with Crippen molar-refractivity contribution in [3.63, 3.8) is 0 Å². The second-order valence-corrected chi connectivity index (χ2v) is 6.00. The topological polar surface area (TPSA) is 77.9 Å². The lowest BCUT2D eigenvalue weighted by Gasteiger charge is -2.28. The number of nitrogens with zero attached hydrogens (tertiary/aromatic N) is 2. The zero-order valence-corrected chi connectivity index (χ0v) is 13.8. The third-order valence-electron chi connectivity index (χ3n) is 4.11. The van der Waals surface area contributed by atoms with E-state index >= 15 is 0 Å². The molecule has 0 bridgehead atoms. The average molecular weight is 339 g/mol. The molecule has 1 aromatic rings. The van der Waals surface area contributed by atoms with Crippen LogP contribution >= 0.6 is 11.6 Å². The number of halogens is 1. The molecular formula is C16H19ClN2O4. The van der Waals surface area contributed by atoms with Crippen LogP contribution in [0.3, 0.4) is 0 Å². The maximum Gasteiger partial charge on any atom is 0.323 e. The molecule has 0 aromatic heterocycles. The maximum atomic E-state index is 12.7. The Morgan fingerprint density at radius 1 is 1.43 bits per heavy atom. The molecule has 7 heteroatoms. The summed E-state index contributed by atoms with van der Waals surface area (Å²) in [6, 6.07) is 6.61. The summed E-state index contributed by atoms with van der Waals surface area (Å²) in [7, 11) is 1.65. The summed E-state index contributed by atoms with van der Waals surface area (Å²) in [5.41, 5.74) is 0.774. The maximum absolute atomic E-state index is 12.7. The predicted octanol–water partition coefficient (Wildman–Crippen LogP) is 1.79. The molecule has 23 heavy (non-hydrogen) atoms. The summed E-state index contributed by atoms with van der Waals surface area (Å²) in [4.78, 5) is 38.5. The van der Waals surface area contributed by atoms with Crippen LogP contribution in [0.5, 0.6) is 0 Å². The van der Waals surface area contributed by atoms with E-state index in [-0.39, 0.29) is 31.3 Å². The first-order chi connectivity index (χ1) is 10.8. The van der Waals surface area contributed by atoms with Gasteiger partial charge in [-0.25, -0.2) is 0 Å².